The molecule has 2 rings (SSSR count). The van der Waals surface area contributed by atoms with Gasteiger partial charge in [0.15, 0.2) is 0 Å². The van der Waals surface area contributed by atoms with Gasteiger partial charge in [-0.2, -0.15) is 0 Å². The Labute approximate surface area is 172 Å². The fraction of sp³-hybridized carbons (Fsp3) is 0.105. The second kappa shape index (κ2) is 9.56. The number of primary amides is 1. The Balaban J connectivity index is 2.33. The Kier molecular flexibility index (Phi) is 7.15. The van der Waals surface area contributed by atoms with Crippen LogP contribution in [0.25, 0.3) is 6.08 Å². The number of carboxylic acids is 1. The number of carbonyl (C=O) groups excluding carboxylic acids is 2. The molecule has 158 valence electrons. The molecule has 0 aliphatic carbocycles. The standard InChI is InChI=1S/C19H19N3O7S/c1-29-15-7-5-12(6-8-18(24)25)9-16(15)30(27,28)22-14-4-2-3-13(10-14)19(26)21-11-17(20)23/h2-10,22H,11H2,1H3,(H2,20,23)(H,21,26)(H,24,25)/b8-6+. The highest BCUT2D eigenvalue weighted by atomic mass is 32.2. The fourth-order valence-corrected chi connectivity index (χ4v) is 3.63. The van der Waals surface area contributed by atoms with Gasteiger partial charge in [0.25, 0.3) is 15.9 Å². The molecule has 10 nitrogen and oxygen atoms in total. The van der Waals surface area contributed by atoms with Crippen molar-refractivity contribution in [3.63, 3.8) is 0 Å². The zero-order valence-corrected chi connectivity index (χ0v) is 16.6. The van der Waals surface area contributed by atoms with E-state index in [1.807, 2.05) is 0 Å². The molecule has 0 fully saturated rings. The van der Waals surface area contributed by atoms with Crippen LogP contribution in [0.3, 0.4) is 0 Å². The zero-order chi connectivity index (χ0) is 22.3. The summed E-state index contributed by atoms with van der Waals surface area (Å²) in [6.07, 6.45) is 2.12. The lowest BCUT2D eigenvalue weighted by Gasteiger charge is -2.13. The first kappa shape index (κ1) is 22.4. The summed E-state index contributed by atoms with van der Waals surface area (Å²) in [4.78, 5) is 33.3. The van der Waals surface area contributed by atoms with E-state index in [1.165, 1.54) is 55.7 Å². The van der Waals surface area contributed by atoms with E-state index in [4.69, 9.17) is 15.6 Å². The number of sulfonamides is 1. The fourth-order valence-electron chi connectivity index (χ4n) is 2.38. The number of hydrogen-bond acceptors (Lipinski definition) is 6. The van der Waals surface area contributed by atoms with Crippen LogP contribution in [0, 0.1) is 0 Å². The molecule has 0 heterocycles. The quantitative estimate of drug-likeness (QED) is 0.425. The number of hydrogen-bond donors (Lipinski definition) is 4. The third-order valence-electron chi connectivity index (χ3n) is 3.70. The van der Waals surface area contributed by atoms with Crippen LogP contribution in [0.5, 0.6) is 5.75 Å². The number of benzene rings is 2. The summed E-state index contributed by atoms with van der Waals surface area (Å²) in [5.74, 6) is -2.46. The highest BCUT2D eigenvalue weighted by Gasteiger charge is 2.20. The summed E-state index contributed by atoms with van der Waals surface area (Å²) in [6.45, 7) is -0.358. The second-order valence-corrected chi connectivity index (χ2v) is 7.57. The van der Waals surface area contributed by atoms with E-state index in [-0.39, 0.29) is 28.4 Å². The van der Waals surface area contributed by atoms with Crippen LogP contribution in [0.4, 0.5) is 5.69 Å². The molecule has 2 amide bonds. The minimum absolute atomic E-state index is 0.0466. The predicted molar refractivity (Wildman–Crippen MR) is 108 cm³/mol. The molecule has 0 spiro atoms. The normalized spacial score (nSPS) is 11.1. The number of carbonyl (C=O) groups is 3. The van der Waals surface area contributed by atoms with Crippen molar-refractivity contribution >= 4 is 39.6 Å². The molecule has 2 aromatic rings. The minimum atomic E-state index is -4.15. The van der Waals surface area contributed by atoms with Crippen LogP contribution < -0.4 is 20.5 Å². The summed E-state index contributed by atoms with van der Waals surface area (Å²) < 4.78 is 33.2. The van der Waals surface area contributed by atoms with Gasteiger partial charge in [0.2, 0.25) is 5.91 Å². The third kappa shape index (κ3) is 6.07. The van der Waals surface area contributed by atoms with Crippen molar-refractivity contribution in [2.75, 3.05) is 18.4 Å². The summed E-state index contributed by atoms with van der Waals surface area (Å²) in [6, 6.07) is 9.76. The van der Waals surface area contributed by atoms with Gasteiger partial charge in [-0.05, 0) is 42.0 Å². The summed E-state index contributed by atoms with van der Waals surface area (Å²) in [5, 5.41) is 11.0. The Morgan fingerprint density at radius 1 is 1.17 bits per heavy atom. The largest absolute Gasteiger partial charge is 0.495 e. The van der Waals surface area contributed by atoms with Gasteiger partial charge in [-0.25, -0.2) is 13.2 Å². The average molecular weight is 433 g/mol. The predicted octanol–water partition coefficient (Wildman–Crippen LogP) is 0.809. The first-order chi connectivity index (χ1) is 14.1. The minimum Gasteiger partial charge on any atom is -0.495 e. The molecule has 30 heavy (non-hydrogen) atoms. The van der Waals surface area contributed by atoms with Crippen molar-refractivity contribution in [3.05, 3.63) is 59.7 Å². The number of ether oxygens (including phenoxy) is 1. The number of anilines is 1. The molecule has 0 saturated heterocycles. The second-order valence-electron chi connectivity index (χ2n) is 5.92. The lowest BCUT2D eigenvalue weighted by atomic mass is 10.2. The highest BCUT2D eigenvalue weighted by molar-refractivity contribution is 7.92. The zero-order valence-electron chi connectivity index (χ0n) is 15.8. The van der Waals surface area contributed by atoms with Crippen LogP contribution in [-0.4, -0.2) is 45.0 Å². The van der Waals surface area contributed by atoms with Gasteiger partial charge in [-0.3, -0.25) is 14.3 Å². The summed E-state index contributed by atoms with van der Waals surface area (Å²) in [5.41, 5.74) is 5.52. The lowest BCUT2D eigenvalue weighted by molar-refractivity contribution is -0.131. The molecule has 2 aromatic carbocycles. The maximum absolute atomic E-state index is 12.9. The van der Waals surface area contributed by atoms with E-state index in [2.05, 4.69) is 10.0 Å². The van der Waals surface area contributed by atoms with Crippen LogP contribution in [-0.2, 0) is 19.6 Å². The van der Waals surface area contributed by atoms with E-state index in [1.54, 1.807) is 0 Å². The first-order valence-electron chi connectivity index (χ1n) is 8.41. The van der Waals surface area contributed by atoms with E-state index in [9.17, 15) is 22.8 Å². The van der Waals surface area contributed by atoms with Crippen molar-refractivity contribution < 1.29 is 32.6 Å². The van der Waals surface area contributed by atoms with Gasteiger partial charge in [0.1, 0.15) is 10.6 Å². The molecule has 5 N–H and O–H groups in total. The van der Waals surface area contributed by atoms with Crippen LogP contribution >= 0.6 is 0 Å². The number of amides is 2. The molecule has 11 heteroatoms. The van der Waals surface area contributed by atoms with Crippen molar-refractivity contribution in [2.24, 2.45) is 5.73 Å². The Bertz CT molecular complexity index is 1110. The molecular formula is C19H19N3O7S. The summed E-state index contributed by atoms with van der Waals surface area (Å²) >= 11 is 0. The third-order valence-corrected chi connectivity index (χ3v) is 5.10. The molecule has 0 unspecified atom stereocenters. The van der Waals surface area contributed by atoms with Gasteiger partial charge in [0.05, 0.1) is 13.7 Å². The molecule has 0 aliphatic heterocycles. The van der Waals surface area contributed by atoms with Gasteiger partial charge in [-0.1, -0.05) is 12.1 Å². The first-order valence-corrected chi connectivity index (χ1v) is 9.89. The smallest absolute Gasteiger partial charge is 0.328 e. The topological polar surface area (TPSA) is 165 Å². The van der Waals surface area contributed by atoms with E-state index in [0.717, 1.165) is 6.08 Å². The number of methoxy groups -OCH3 is 1. The van der Waals surface area contributed by atoms with Crippen LogP contribution in [0.2, 0.25) is 0 Å². The number of aliphatic carboxylic acids is 1. The average Bonchev–Trinajstić information content (AvgIpc) is 2.70. The Morgan fingerprint density at radius 3 is 2.53 bits per heavy atom. The number of rotatable bonds is 9. The van der Waals surface area contributed by atoms with Gasteiger partial charge in [0, 0.05) is 17.3 Å². The van der Waals surface area contributed by atoms with Crippen LogP contribution in [0.1, 0.15) is 15.9 Å². The van der Waals surface area contributed by atoms with Crippen molar-refractivity contribution in [1.82, 2.24) is 5.32 Å². The molecular weight excluding hydrogens is 414 g/mol. The maximum atomic E-state index is 12.9. The van der Waals surface area contributed by atoms with E-state index in [0.29, 0.717) is 5.56 Å². The van der Waals surface area contributed by atoms with Crippen molar-refractivity contribution in [3.8, 4) is 5.75 Å². The Morgan fingerprint density at radius 2 is 1.90 bits per heavy atom. The molecule has 0 saturated carbocycles. The van der Waals surface area contributed by atoms with E-state index < -0.39 is 27.8 Å². The number of nitrogens with two attached hydrogens (primary N) is 1. The Hall–Kier alpha value is -3.86. The van der Waals surface area contributed by atoms with E-state index >= 15 is 0 Å². The monoisotopic (exact) mass is 433 g/mol. The number of nitrogens with one attached hydrogen (secondary N) is 2. The highest BCUT2D eigenvalue weighted by Crippen LogP contribution is 2.27. The van der Waals surface area contributed by atoms with Crippen LogP contribution in [0.15, 0.2) is 53.4 Å². The maximum Gasteiger partial charge on any atom is 0.328 e. The molecule has 0 atom stereocenters. The van der Waals surface area contributed by atoms with Gasteiger partial charge in [-0.15, -0.1) is 0 Å². The lowest BCUT2D eigenvalue weighted by Crippen LogP contribution is -2.33. The molecule has 0 radical (unpaired) electrons. The van der Waals surface area contributed by atoms with Gasteiger partial charge >= 0.3 is 5.97 Å². The SMILES string of the molecule is COc1ccc(/C=C/C(=O)O)cc1S(=O)(=O)Nc1cccc(C(=O)NCC(N)=O)c1. The molecule has 0 aliphatic rings. The molecule has 0 bridgehead atoms. The van der Waals surface area contributed by atoms with Crippen molar-refractivity contribution in [2.45, 2.75) is 4.90 Å². The summed E-state index contributed by atoms with van der Waals surface area (Å²) in [7, 11) is -2.85. The van der Waals surface area contributed by atoms with Crippen molar-refractivity contribution in [1.29, 1.82) is 0 Å². The van der Waals surface area contributed by atoms with Gasteiger partial charge < -0.3 is 20.9 Å². The number of carboxylic acid groups (broad SMARTS) is 1. The molecule has 0 aromatic heterocycles.